The van der Waals surface area contributed by atoms with E-state index in [4.69, 9.17) is 16.3 Å². The van der Waals surface area contributed by atoms with E-state index in [0.29, 0.717) is 41.1 Å². The second kappa shape index (κ2) is 11.0. The van der Waals surface area contributed by atoms with Crippen LogP contribution in [0, 0.1) is 15.9 Å². The number of hydrogen-bond acceptors (Lipinski definition) is 7. The van der Waals surface area contributed by atoms with Crippen LogP contribution < -0.4 is 5.32 Å². The topological polar surface area (TPSA) is 112 Å². The molecule has 2 aromatic carbocycles. The highest BCUT2D eigenvalue weighted by molar-refractivity contribution is 7.99. The largest absolute Gasteiger partial charge is 0.385 e. The van der Waals surface area contributed by atoms with Crippen molar-refractivity contribution in [1.29, 1.82) is 0 Å². The summed E-state index contributed by atoms with van der Waals surface area (Å²) in [6.45, 7) is 1.06. The fourth-order valence-electron chi connectivity index (χ4n) is 2.84. The number of methoxy groups -OCH3 is 1. The van der Waals surface area contributed by atoms with Crippen LogP contribution in [0.3, 0.4) is 0 Å². The van der Waals surface area contributed by atoms with Gasteiger partial charge >= 0.3 is 0 Å². The van der Waals surface area contributed by atoms with Gasteiger partial charge in [-0.1, -0.05) is 35.5 Å². The minimum absolute atomic E-state index is 0.104. The lowest BCUT2D eigenvalue weighted by molar-refractivity contribution is -0.384. The van der Waals surface area contributed by atoms with Gasteiger partial charge in [0.25, 0.3) is 5.69 Å². The van der Waals surface area contributed by atoms with E-state index in [1.165, 1.54) is 0 Å². The standard InChI is InChI=1S/C20H19ClFN5O4S/c1-31-10-4-9-26-19(14-5-2-3-6-15(14)21)24-25-20(26)32-12-18(28)23-17-11-13(27(29)30)7-8-16(17)22/h2-3,5-8,11H,4,9-10,12H2,1H3,(H,23,28). The van der Waals surface area contributed by atoms with Crippen molar-refractivity contribution in [1.82, 2.24) is 14.8 Å². The van der Waals surface area contributed by atoms with Crippen LogP contribution >= 0.6 is 23.4 Å². The van der Waals surface area contributed by atoms with Crippen molar-refractivity contribution in [3.05, 3.63) is 63.4 Å². The predicted molar refractivity (Wildman–Crippen MR) is 119 cm³/mol. The highest BCUT2D eigenvalue weighted by atomic mass is 35.5. The number of aromatic nitrogens is 3. The van der Waals surface area contributed by atoms with E-state index >= 15 is 0 Å². The second-order valence-corrected chi connectivity index (χ2v) is 7.89. The van der Waals surface area contributed by atoms with Crippen LogP contribution in [0.4, 0.5) is 15.8 Å². The maximum Gasteiger partial charge on any atom is 0.271 e. The second-order valence-electron chi connectivity index (χ2n) is 6.54. The first-order valence-electron chi connectivity index (χ1n) is 9.44. The van der Waals surface area contributed by atoms with E-state index in [2.05, 4.69) is 15.5 Å². The number of nitrogens with zero attached hydrogens (tertiary/aromatic N) is 4. The third-order valence-electron chi connectivity index (χ3n) is 4.33. The maximum absolute atomic E-state index is 13.9. The average Bonchev–Trinajstić information content (AvgIpc) is 3.16. The third kappa shape index (κ3) is 5.81. The fourth-order valence-corrected chi connectivity index (χ4v) is 3.83. The number of non-ortho nitro benzene ring substituents is 1. The molecule has 1 amide bonds. The van der Waals surface area contributed by atoms with Gasteiger partial charge in [0.05, 0.1) is 21.4 Å². The Labute approximate surface area is 192 Å². The number of thioether (sulfide) groups is 1. The van der Waals surface area contributed by atoms with Gasteiger partial charge in [0.2, 0.25) is 5.91 Å². The number of nitro benzene ring substituents is 1. The molecule has 0 aliphatic rings. The Morgan fingerprint density at radius 2 is 2.09 bits per heavy atom. The first-order valence-corrected chi connectivity index (χ1v) is 10.8. The number of nitro groups is 1. The summed E-state index contributed by atoms with van der Waals surface area (Å²) in [7, 11) is 1.61. The van der Waals surface area contributed by atoms with Crippen LogP contribution in [0.25, 0.3) is 11.4 Å². The summed E-state index contributed by atoms with van der Waals surface area (Å²) in [5.74, 6) is -0.857. The molecule has 1 heterocycles. The van der Waals surface area contributed by atoms with E-state index in [9.17, 15) is 19.3 Å². The average molecular weight is 480 g/mol. The summed E-state index contributed by atoms with van der Waals surface area (Å²) in [6, 6.07) is 10.2. The summed E-state index contributed by atoms with van der Waals surface area (Å²) >= 11 is 7.42. The van der Waals surface area contributed by atoms with Gasteiger partial charge in [-0.2, -0.15) is 0 Å². The number of carbonyl (C=O) groups excluding carboxylic acids is 1. The number of halogens is 2. The van der Waals surface area contributed by atoms with Crippen LogP contribution in [0.1, 0.15) is 6.42 Å². The van der Waals surface area contributed by atoms with Gasteiger partial charge in [-0.3, -0.25) is 14.9 Å². The van der Waals surface area contributed by atoms with Crippen molar-refractivity contribution in [3.63, 3.8) is 0 Å². The monoisotopic (exact) mass is 479 g/mol. The molecule has 0 spiro atoms. The number of amides is 1. The first-order chi connectivity index (χ1) is 15.4. The molecule has 0 saturated heterocycles. The van der Waals surface area contributed by atoms with E-state index in [-0.39, 0.29) is 17.1 Å². The molecule has 9 nitrogen and oxygen atoms in total. The molecule has 0 bridgehead atoms. The van der Waals surface area contributed by atoms with E-state index in [1.807, 2.05) is 22.8 Å². The van der Waals surface area contributed by atoms with E-state index in [1.54, 1.807) is 13.2 Å². The van der Waals surface area contributed by atoms with Crippen LogP contribution in [0.5, 0.6) is 0 Å². The van der Waals surface area contributed by atoms with Crippen molar-refractivity contribution in [2.75, 3.05) is 24.8 Å². The van der Waals surface area contributed by atoms with Gasteiger partial charge in [0.1, 0.15) is 5.82 Å². The summed E-state index contributed by atoms with van der Waals surface area (Å²) in [5, 5.41) is 22.6. The molecule has 1 N–H and O–H groups in total. The number of rotatable bonds is 10. The Balaban J connectivity index is 1.75. The zero-order chi connectivity index (χ0) is 23.1. The van der Waals surface area contributed by atoms with Gasteiger partial charge in [0.15, 0.2) is 11.0 Å². The van der Waals surface area contributed by atoms with Gasteiger partial charge < -0.3 is 14.6 Å². The third-order valence-corrected chi connectivity index (χ3v) is 5.63. The number of anilines is 1. The molecule has 168 valence electrons. The molecule has 0 radical (unpaired) electrons. The van der Waals surface area contributed by atoms with Gasteiger partial charge in [-0.05, 0) is 24.6 Å². The molecule has 0 unspecified atom stereocenters. The lowest BCUT2D eigenvalue weighted by atomic mass is 10.2. The molecule has 3 aromatic rings. The minimum Gasteiger partial charge on any atom is -0.385 e. The van der Waals surface area contributed by atoms with E-state index in [0.717, 1.165) is 30.0 Å². The molecular formula is C20H19ClFN5O4S. The zero-order valence-electron chi connectivity index (χ0n) is 17.0. The predicted octanol–water partition coefficient (Wildman–Crippen LogP) is 4.41. The molecule has 0 atom stereocenters. The number of nitrogens with one attached hydrogen (secondary N) is 1. The zero-order valence-corrected chi connectivity index (χ0v) is 18.5. The normalized spacial score (nSPS) is 10.8. The van der Waals surface area contributed by atoms with Gasteiger partial charge in [0, 0.05) is 38.0 Å². The lowest BCUT2D eigenvalue weighted by Crippen LogP contribution is -2.16. The minimum atomic E-state index is -0.766. The highest BCUT2D eigenvalue weighted by Gasteiger charge is 2.18. The molecule has 32 heavy (non-hydrogen) atoms. The molecule has 0 aliphatic heterocycles. The summed E-state index contributed by atoms with van der Waals surface area (Å²) in [4.78, 5) is 22.6. The summed E-state index contributed by atoms with van der Waals surface area (Å²) in [5.41, 5.74) is 0.119. The SMILES string of the molecule is COCCCn1c(SCC(=O)Nc2cc([N+](=O)[O-])ccc2F)nnc1-c1ccccc1Cl. The summed E-state index contributed by atoms with van der Waals surface area (Å²) in [6.07, 6.45) is 0.685. The molecule has 0 aliphatic carbocycles. The smallest absolute Gasteiger partial charge is 0.271 e. The number of carbonyl (C=O) groups is 1. The van der Waals surface area contributed by atoms with Crippen molar-refractivity contribution in [2.24, 2.45) is 0 Å². The molecule has 1 aromatic heterocycles. The Hall–Kier alpha value is -3.02. The van der Waals surface area contributed by atoms with Crippen LogP contribution in [-0.4, -0.2) is 45.1 Å². The number of ether oxygens (including phenoxy) is 1. The van der Waals surface area contributed by atoms with Crippen molar-refractivity contribution < 1.29 is 18.8 Å². The van der Waals surface area contributed by atoms with Crippen LogP contribution in [-0.2, 0) is 16.1 Å². The molecule has 12 heteroatoms. The Morgan fingerprint density at radius 3 is 2.81 bits per heavy atom. The summed E-state index contributed by atoms with van der Waals surface area (Å²) < 4.78 is 20.9. The van der Waals surface area contributed by atoms with Crippen LogP contribution in [0.2, 0.25) is 5.02 Å². The Kier molecular flexibility index (Phi) is 8.14. The molecule has 0 saturated carbocycles. The highest BCUT2D eigenvalue weighted by Crippen LogP contribution is 2.30. The van der Waals surface area contributed by atoms with Crippen molar-refractivity contribution >= 4 is 40.6 Å². The Bertz CT molecular complexity index is 1130. The van der Waals surface area contributed by atoms with E-state index < -0.39 is 16.6 Å². The maximum atomic E-state index is 13.9. The molecular weight excluding hydrogens is 461 g/mol. The van der Waals surface area contributed by atoms with Gasteiger partial charge in [-0.25, -0.2) is 4.39 Å². The van der Waals surface area contributed by atoms with Crippen molar-refractivity contribution in [3.8, 4) is 11.4 Å². The molecule has 3 rings (SSSR count). The number of hydrogen-bond donors (Lipinski definition) is 1. The first kappa shape index (κ1) is 23.6. The Morgan fingerprint density at radius 1 is 1.31 bits per heavy atom. The number of benzene rings is 2. The quantitative estimate of drug-likeness (QED) is 0.198. The van der Waals surface area contributed by atoms with Crippen LogP contribution in [0.15, 0.2) is 47.6 Å². The fraction of sp³-hybridized carbons (Fsp3) is 0.250. The lowest BCUT2D eigenvalue weighted by Gasteiger charge is -2.11. The van der Waals surface area contributed by atoms with Gasteiger partial charge in [-0.15, -0.1) is 10.2 Å². The van der Waals surface area contributed by atoms with Crippen molar-refractivity contribution in [2.45, 2.75) is 18.1 Å². The molecule has 0 fully saturated rings.